The van der Waals surface area contributed by atoms with E-state index in [1.807, 2.05) is 0 Å². The number of methoxy groups -OCH3 is 1. The Kier molecular flexibility index (Phi) is 6.69. The van der Waals surface area contributed by atoms with E-state index in [4.69, 9.17) is 9.47 Å². The van der Waals surface area contributed by atoms with Gasteiger partial charge in [-0.15, -0.1) is 0 Å². The lowest BCUT2D eigenvalue weighted by atomic mass is 10.1. The van der Waals surface area contributed by atoms with Crippen LogP contribution in [0.4, 0.5) is 5.69 Å². The molecule has 0 saturated heterocycles. The number of hydrogen-bond acceptors (Lipinski definition) is 5. The van der Waals surface area contributed by atoms with Crippen LogP contribution in [-0.2, 0) is 14.8 Å². The molecule has 7 nitrogen and oxygen atoms in total. The van der Waals surface area contributed by atoms with Crippen molar-refractivity contribution in [3.05, 3.63) is 48.5 Å². The van der Waals surface area contributed by atoms with Gasteiger partial charge in [0.1, 0.15) is 11.5 Å². The van der Waals surface area contributed by atoms with Crippen molar-refractivity contribution < 1.29 is 22.7 Å². The maximum atomic E-state index is 12.5. The van der Waals surface area contributed by atoms with E-state index in [0.717, 1.165) is 0 Å². The molecule has 2 aromatic carbocycles. The van der Waals surface area contributed by atoms with E-state index in [0.29, 0.717) is 17.2 Å². The van der Waals surface area contributed by atoms with Crippen LogP contribution in [0.1, 0.15) is 27.7 Å². The van der Waals surface area contributed by atoms with Crippen molar-refractivity contribution in [3.63, 3.8) is 0 Å². The first-order valence-electron chi connectivity index (χ1n) is 8.76. The lowest BCUT2D eigenvalue weighted by molar-refractivity contribution is -0.122. The highest BCUT2D eigenvalue weighted by Gasteiger charge is 2.22. The number of ether oxygens (including phenoxy) is 2. The van der Waals surface area contributed by atoms with Gasteiger partial charge in [0.25, 0.3) is 5.91 Å². The second-order valence-corrected chi connectivity index (χ2v) is 8.99. The van der Waals surface area contributed by atoms with Crippen LogP contribution in [0, 0.1) is 0 Å². The number of nitrogens with one attached hydrogen (secondary N) is 2. The Balaban J connectivity index is 2.07. The number of rotatable bonds is 7. The molecule has 0 aliphatic rings. The van der Waals surface area contributed by atoms with Gasteiger partial charge in [0.15, 0.2) is 6.10 Å². The smallest absolute Gasteiger partial charge is 0.265 e. The van der Waals surface area contributed by atoms with Gasteiger partial charge in [-0.2, -0.15) is 0 Å². The second-order valence-electron chi connectivity index (χ2n) is 7.31. The number of sulfonamides is 1. The van der Waals surface area contributed by atoms with E-state index in [2.05, 4.69) is 10.0 Å². The second kappa shape index (κ2) is 8.62. The third-order valence-electron chi connectivity index (χ3n) is 3.59. The first-order chi connectivity index (χ1) is 13.0. The van der Waals surface area contributed by atoms with Gasteiger partial charge in [-0.1, -0.05) is 6.07 Å². The van der Waals surface area contributed by atoms with Gasteiger partial charge in [0.05, 0.1) is 12.0 Å². The number of hydrogen-bond donors (Lipinski definition) is 2. The fraction of sp³-hybridized carbons (Fsp3) is 0.350. The molecule has 2 rings (SSSR count). The Morgan fingerprint density at radius 1 is 1.04 bits per heavy atom. The molecule has 0 bridgehead atoms. The standard InChI is InChI=1S/C20H26N2O5S/c1-14(27-17-11-9-16(26-5)10-12-17)19(23)21-15-7-6-8-18(13-15)28(24,25)22-20(2,3)4/h6-14,22H,1-5H3,(H,21,23)/t14-/m0/s1. The van der Waals surface area contributed by atoms with E-state index >= 15 is 0 Å². The topological polar surface area (TPSA) is 93.7 Å². The zero-order valence-electron chi connectivity index (χ0n) is 16.6. The summed E-state index contributed by atoms with van der Waals surface area (Å²) in [5, 5.41) is 2.68. The minimum atomic E-state index is -3.70. The summed E-state index contributed by atoms with van der Waals surface area (Å²) in [6.45, 7) is 6.89. The molecular formula is C20H26N2O5S. The number of benzene rings is 2. The molecule has 0 radical (unpaired) electrons. The Morgan fingerprint density at radius 2 is 1.64 bits per heavy atom. The number of carbonyl (C=O) groups is 1. The van der Waals surface area contributed by atoms with Crippen molar-refractivity contribution in [2.75, 3.05) is 12.4 Å². The summed E-state index contributed by atoms with van der Waals surface area (Å²) in [7, 11) is -2.13. The third kappa shape index (κ3) is 6.24. The fourth-order valence-corrected chi connectivity index (χ4v) is 3.82. The molecule has 0 saturated carbocycles. The average molecular weight is 407 g/mol. The summed E-state index contributed by atoms with van der Waals surface area (Å²) in [6, 6.07) is 12.9. The Morgan fingerprint density at radius 3 is 2.21 bits per heavy atom. The molecular weight excluding hydrogens is 380 g/mol. The van der Waals surface area contributed by atoms with E-state index in [9.17, 15) is 13.2 Å². The SMILES string of the molecule is COc1ccc(O[C@@H](C)C(=O)Nc2cccc(S(=O)(=O)NC(C)(C)C)c2)cc1. The molecule has 1 atom stereocenters. The zero-order chi connectivity index (χ0) is 20.9. The van der Waals surface area contributed by atoms with E-state index in [-0.39, 0.29) is 4.90 Å². The van der Waals surface area contributed by atoms with Crippen molar-refractivity contribution in [3.8, 4) is 11.5 Å². The van der Waals surface area contributed by atoms with Crippen LogP contribution < -0.4 is 19.5 Å². The molecule has 0 unspecified atom stereocenters. The van der Waals surface area contributed by atoms with Gasteiger partial charge in [0.2, 0.25) is 10.0 Å². The minimum Gasteiger partial charge on any atom is -0.497 e. The monoisotopic (exact) mass is 406 g/mol. The summed E-state index contributed by atoms with van der Waals surface area (Å²) >= 11 is 0. The van der Waals surface area contributed by atoms with Crippen LogP contribution in [0.5, 0.6) is 11.5 Å². The maximum absolute atomic E-state index is 12.5. The summed E-state index contributed by atoms with van der Waals surface area (Å²) in [6.07, 6.45) is -0.777. The van der Waals surface area contributed by atoms with E-state index in [1.165, 1.54) is 12.1 Å². The highest BCUT2D eigenvalue weighted by molar-refractivity contribution is 7.89. The molecule has 0 aliphatic carbocycles. The van der Waals surface area contributed by atoms with Gasteiger partial charge in [-0.25, -0.2) is 13.1 Å². The van der Waals surface area contributed by atoms with Crippen LogP contribution in [0.3, 0.4) is 0 Å². The maximum Gasteiger partial charge on any atom is 0.265 e. The Labute approximate surface area is 166 Å². The number of carbonyl (C=O) groups excluding carboxylic acids is 1. The molecule has 0 fully saturated rings. The van der Waals surface area contributed by atoms with Gasteiger partial charge < -0.3 is 14.8 Å². The summed E-state index contributed by atoms with van der Waals surface area (Å²) in [5.41, 5.74) is -0.245. The average Bonchev–Trinajstić information content (AvgIpc) is 2.60. The molecule has 0 aliphatic heterocycles. The van der Waals surface area contributed by atoms with Crippen LogP contribution >= 0.6 is 0 Å². The zero-order valence-corrected chi connectivity index (χ0v) is 17.5. The van der Waals surface area contributed by atoms with Crippen molar-refractivity contribution in [2.24, 2.45) is 0 Å². The van der Waals surface area contributed by atoms with Crippen molar-refractivity contribution in [1.82, 2.24) is 4.72 Å². The van der Waals surface area contributed by atoms with E-state index in [1.54, 1.807) is 71.2 Å². The van der Waals surface area contributed by atoms with Gasteiger partial charge in [-0.3, -0.25) is 4.79 Å². The van der Waals surface area contributed by atoms with E-state index < -0.39 is 27.6 Å². The predicted octanol–water partition coefficient (Wildman–Crippen LogP) is 3.18. The first-order valence-corrected chi connectivity index (χ1v) is 10.2. The third-order valence-corrected chi connectivity index (χ3v) is 5.35. The summed E-state index contributed by atoms with van der Waals surface area (Å²) in [4.78, 5) is 12.5. The molecule has 0 heterocycles. The van der Waals surface area contributed by atoms with Crippen LogP contribution in [0.2, 0.25) is 0 Å². The predicted molar refractivity (Wildman–Crippen MR) is 108 cm³/mol. The minimum absolute atomic E-state index is 0.0731. The van der Waals surface area contributed by atoms with Gasteiger partial charge in [-0.05, 0) is 70.2 Å². The fourth-order valence-electron chi connectivity index (χ4n) is 2.36. The normalized spacial score (nSPS) is 12.9. The molecule has 28 heavy (non-hydrogen) atoms. The Hall–Kier alpha value is -2.58. The molecule has 0 spiro atoms. The molecule has 8 heteroatoms. The highest BCUT2D eigenvalue weighted by Crippen LogP contribution is 2.20. The summed E-state index contributed by atoms with van der Waals surface area (Å²) in [5.74, 6) is 0.814. The van der Waals surface area contributed by atoms with Crippen LogP contribution in [-0.4, -0.2) is 33.1 Å². The Bertz CT molecular complexity index is 918. The molecule has 0 aromatic heterocycles. The van der Waals surface area contributed by atoms with Crippen molar-refractivity contribution in [2.45, 2.75) is 44.2 Å². The van der Waals surface area contributed by atoms with Crippen molar-refractivity contribution >= 4 is 21.6 Å². The first kappa shape index (κ1) is 21.7. The quantitative estimate of drug-likeness (QED) is 0.737. The number of anilines is 1. The largest absolute Gasteiger partial charge is 0.497 e. The highest BCUT2D eigenvalue weighted by atomic mass is 32.2. The van der Waals surface area contributed by atoms with Crippen LogP contribution in [0.25, 0.3) is 0 Å². The summed E-state index contributed by atoms with van der Waals surface area (Å²) < 4.78 is 38.2. The molecule has 152 valence electrons. The van der Waals surface area contributed by atoms with Crippen molar-refractivity contribution in [1.29, 1.82) is 0 Å². The molecule has 2 aromatic rings. The molecule has 2 N–H and O–H groups in total. The van der Waals surface area contributed by atoms with Gasteiger partial charge >= 0.3 is 0 Å². The van der Waals surface area contributed by atoms with Gasteiger partial charge in [0, 0.05) is 11.2 Å². The number of amides is 1. The lowest BCUT2D eigenvalue weighted by Gasteiger charge is -2.20. The lowest BCUT2D eigenvalue weighted by Crippen LogP contribution is -2.40. The van der Waals surface area contributed by atoms with Crippen LogP contribution in [0.15, 0.2) is 53.4 Å². The molecule has 1 amide bonds.